The van der Waals surface area contributed by atoms with Crippen molar-refractivity contribution in [3.63, 3.8) is 0 Å². The van der Waals surface area contributed by atoms with E-state index in [4.69, 9.17) is 0 Å². The van der Waals surface area contributed by atoms with Crippen molar-refractivity contribution in [3.8, 4) is 0 Å². The van der Waals surface area contributed by atoms with Crippen LogP contribution in [-0.4, -0.2) is 38.3 Å². The number of hydrogen-bond donors (Lipinski definition) is 3. The quantitative estimate of drug-likeness (QED) is 0.656. The van der Waals surface area contributed by atoms with Crippen LogP contribution < -0.4 is 16.0 Å². The van der Waals surface area contributed by atoms with Crippen LogP contribution in [0.2, 0.25) is 0 Å². The molecule has 0 aromatic carbocycles. The van der Waals surface area contributed by atoms with Crippen LogP contribution in [0.1, 0.15) is 66.2 Å². The fourth-order valence-electron chi connectivity index (χ4n) is 5.69. The van der Waals surface area contributed by atoms with Gasteiger partial charge < -0.3 is 16.0 Å². The normalized spacial score (nSPS) is 39.0. The zero-order valence-electron chi connectivity index (χ0n) is 17.2. The van der Waals surface area contributed by atoms with Crippen molar-refractivity contribution in [2.75, 3.05) is 26.2 Å². The second kappa shape index (κ2) is 9.19. The first-order valence-corrected chi connectivity index (χ1v) is 11.2. The highest BCUT2D eigenvalue weighted by Gasteiger charge is 2.33. The molecule has 3 N–H and O–H groups in total. The van der Waals surface area contributed by atoms with Crippen LogP contribution in [0.3, 0.4) is 0 Å². The van der Waals surface area contributed by atoms with Crippen LogP contribution in [0.25, 0.3) is 0 Å². The van der Waals surface area contributed by atoms with Crippen LogP contribution in [-0.2, 0) is 0 Å². The Morgan fingerprint density at radius 2 is 1.68 bits per heavy atom. The van der Waals surface area contributed by atoms with Crippen molar-refractivity contribution >= 4 is 0 Å². The third-order valence-electron chi connectivity index (χ3n) is 7.64. The Labute approximate surface area is 156 Å². The number of piperidine rings is 1. The van der Waals surface area contributed by atoms with Gasteiger partial charge in [0.1, 0.15) is 0 Å². The summed E-state index contributed by atoms with van der Waals surface area (Å²) >= 11 is 0. The van der Waals surface area contributed by atoms with Gasteiger partial charge in [0.05, 0.1) is 0 Å². The molecule has 3 nitrogen and oxygen atoms in total. The molecule has 0 aromatic rings. The summed E-state index contributed by atoms with van der Waals surface area (Å²) in [5.74, 6) is 5.24. The van der Waals surface area contributed by atoms with E-state index in [1.807, 2.05) is 0 Å². The molecule has 3 rings (SSSR count). The fraction of sp³-hybridized carbons (Fsp3) is 1.00. The molecule has 3 heteroatoms. The fourth-order valence-corrected chi connectivity index (χ4v) is 5.69. The Kier molecular flexibility index (Phi) is 7.22. The summed E-state index contributed by atoms with van der Waals surface area (Å²) in [6, 6.07) is 1.51. The van der Waals surface area contributed by atoms with Crippen molar-refractivity contribution in [1.29, 1.82) is 0 Å². The molecule has 3 aliphatic rings. The van der Waals surface area contributed by atoms with Crippen LogP contribution in [0.4, 0.5) is 0 Å². The van der Waals surface area contributed by atoms with Crippen molar-refractivity contribution < 1.29 is 0 Å². The topological polar surface area (TPSA) is 36.1 Å². The molecule has 0 amide bonds. The molecule has 146 valence electrons. The number of rotatable bonds is 7. The van der Waals surface area contributed by atoms with Gasteiger partial charge in [-0.25, -0.2) is 0 Å². The minimum atomic E-state index is 0.751. The predicted molar refractivity (Wildman–Crippen MR) is 108 cm³/mol. The van der Waals surface area contributed by atoms with E-state index in [-0.39, 0.29) is 0 Å². The lowest BCUT2D eigenvalue weighted by Gasteiger charge is -2.30. The van der Waals surface area contributed by atoms with Gasteiger partial charge in [-0.3, -0.25) is 0 Å². The molecule has 0 spiro atoms. The Hall–Kier alpha value is -0.120. The molecule has 0 aliphatic carbocycles. The summed E-state index contributed by atoms with van der Waals surface area (Å²) < 4.78 is 0. The van der Waals surface area contributed by atoms with Gasteiger partial charge in [-0.1, -0.05) is 27.7 Å². The second-order valence-electron chi connectivity index (χ2n) is 9.99. The van der Waals surface area contributed by atoms with Crippen molar-refractivity contribution in [2.24, 2.45) is 35.5 Å². The van der Waals surface area contributed by atoms with Crippen LogP contribution in [0, 0.1) is 35.5 Å². The molecule has 0 bridgehead atoms. The van der Waals surface area contributed by atoms with Gasteiger partial charge in [-0.05, 0) is 100 Å². The largest absolute Gasteiger partial charge is 0.316 e. The van der Waals surface area contributed by atoms with E-state index in [9.17, 15) is 0 Å². The maximum Gasteiger partial charge on any atom is 0.00965 e. The van der Waals surface area contributed by atoms with E-state index in [0.29, 0.717) is 0 Å². The molecule has 7 atom stereocenters. The highest BCUT2D eigenvalue weighted by molar-refractivity contribution is 4.91. The summed E-state index contributed by atoms with van der Waals surface area (Å²) in [6.07, 6.45) is 8.41. The molecule has 0 aromatic heterocycles. The molecule has 3 fully saturated rings. The molecule has 3 saturated heterocycles. The van der Waals surface area contributed by atoms with E-state index in [0.717, 1.165) is 47.6 Å². The van der Waals surface area contributed by atoms with Gasteiger partial charge in [-0.2, -0.15) is 0 Å². The van der Waals surface area contributed by atoms with Crippen LogP contribution in [0.15, 0.2) is 0 Å². The molecular formula is C22H43N3. The highest BCUT2D eigenvalue weighted by Crippen LogP contribution is 2.33. The van der Waals surface area contributed by atoms with Crippen LogP contribution in [0.5, 0.6) is 0 Å². The summed E-state index contributed by atoms with van der Waals surface area (Å²) in [4.78, 5) is 0. The zero-order valence-corrected chi connectivity index (χ0v) is 17.2. The highest BCUT2D eigenvalue weighted by atomic mass is 15.0. The predicted octanol–water partition coefficient (Wildman–Crippen LogP) is 3.65. The Bertz CT molecular complexity index is 391. The smallest absolute Gasteiger partial charge is 0.00965 e. The Morgan fingerprint density at radius 1 is 0.840 bits per heavy atom. The van der Waals surface area contributed by atoms with E-state index >= 15 is 0 Å². The molecular weight excluding hydrogens is 306 g/mol. The summed E-state index contributed by atoms with van der Waals surface area (Å²) in [5, 5.41) is 11.3. The number of hydrogen-bond acceptors (Lipinski definition) is 3. The SMILES string of the molecule is CC(C)C1CNC(CC(C)C2CC(CC(C)C3CCCNC3)CN2)C1. The first-order chi connectivity index (χ1) is 12.0. The standard InChI is InChI=1S/C22H43N3/c1-15(2)20-11-21(24-14-20)9-17(4)22-10-18(12-25-22)8-16(3)19-6-5-7-23-13-19/h15-25H,5-14H2,1-4H3. The average Bonchev–Trinajstić information content (AvgIpc) is 3.25. The zero-order chi connectivity index (χ0) is 17.8. The second-order valence-corrected chi connectivity index (χ2v) is 9.99. The van der Waals surface area contributed by atoms with Gasteiger partial charge in [0, 0.05) is 12.1 Å². The Balaban J connectivity index is 1.38. The summed E-state index contributed by atoms with van der Waals surface area (Å²) in [5.41, 5.74) is 0. The maximum atomic E-state index is 3.88. The molecule has 3 heterocycles. The van der Waals surface area contributed by atoms with E-state index < -0.39 is 0 Å². The molecule has 7 unspecified atom stereocenters. The van der Waals surface area contributed by atoms with Gasteiger partial charge in [0.15, 0.2) is 0 Å². The monoisotopic (exact) mass is 349 g/mol. The third-order valence-corrected chi connectivity index (χ3v) is 7.64. The maximum absolute atomic E-state index is 3.88. The minimum absolute atomic E-state index is 0.751. The van der Waals surface area contributed by atoms with E-state index in [1.165, 1.54) is 64.7 Å². The van der Waals surface area contributed by atoms with Gasteiger partial charge in [0.25, 0.3) is 0 Å². The van der Waals surface area contributed by atoms with Crippen LogP contribution >= 0.6 is 0 Å². The first-order valence-electron chi connectivity index (χ1n) is 11.2. The van der Waals surface area contributed by atoms with Crippen molar-refractivity contribution in [1.82, 2.24) is 16.0 Å². The van der Waals surface area contributed by atoms with Gasteiger partial charge in [0.2, 0.25) is 0 Å². The van der Waals surface area contributed by atoms with E-state index in [2.05, 4.69) is 43.6 Å². The summed E-state index contributed by atoms with van der Waals surface area (Å²) in [7, 11) is 0. The van der Waals surface area contributed by atoms with Crippen molar-refractivity contribution in [2.45, 2.75) is 78.3 Å². The lowest BCUT2D eigenvalue weighted by molar-refractivity contribution is 0.240. The lowest BCUT2D eigenvalue weighted by Crippen LogP contribution is -2.34. The summed E-state index contributed by atoms with van der Waals surface area (Å²) in [6.45, 7) is 14.7. The molecule has 25 heavy (non-hydrogen) atoms. The van der Waals surface area contributed by atoms with Gasteiger partial charge in [-0.15, -0.1) is 0 Å². The van der Waals surface area contributed by atoms with Crippen molar-refractivity contribution in [3.05, 3.63) is 0 Å². The van der Waals surface area contributed by atoms with E-state index in [1.54, 1.807) is 0 Å². The first kappa shape index (κ1) is 19.6. The van der Waals surface area contributed by atoms with Gasteiger partial charge >= 0.3 is 0 Å². The average molecular weight is 350 g/mol. The molecule has 3 aliphatic heterocycles. The third kappa shape index (κ3) is 5.43. The Morgan fingerprint density at radius 3 is 2.36 bits per heavy atom. The minimum Gasteiger partial charge on any atom is -0.316 e. The molecule has 0 radical (unpaired) electrons. The number of nitrogens with one attached hydrogen (secondary N) is 3. The molecule has 0 saturated carbocycles. The lowest BCUT2D eigenvalue weighted by atomic mass is 9.80.